The van der Waals surface area contributed by atoms with Gasteiger partial charge in [0, 0.05) is 5.56 Å². The maximum Gasteiger partial charge on any atom is 0.174 e. The molecule has 0 aliphatic carbocycles. The zero-order valence-electron chi connectivity index (χ0n) is 12.5. The van der Waals surface area contributed by atoms with Crippen molar-refractivity contribution in [3.8, 4) is 5.75 Å². The molecule has 0 N–H and O–H groups in total. The van der Waals surface area contributed by atoms with E-state index >= 15 is 0 Å². The smallest absolute Gasteiger partial charge is 0.174 e. The zero-order chi connectivity index (χ0) is 15.4. The molecule has 0 bridgehead atoms. The topological polar surface area (TPSA) is 43.4 Å². The molecule has 0 heterocycles. The molecule has 0 saturated carbocycles. The minimum absolute atomic E-state index is 0.150. The Morgan fingerprint density at radius 3 is 2.14 bits per heavy atom. The van der Waals surface area contributed by atoms with Gasteiger partial charge in [0.25, 0.3) is 0 Å². The molecule has 3 heteroatoms. The summed E-state index contributed by atoms with van der Waals surface area (Å²) in [7, 11) is 1.52. The van der Waals surface area contributed by atoms with Crippen LogP contribution in [0.3, 0.4) is 0 Å². The molecule has 2 aromatic carbocycles. The van der Waals surface area contributed by atoms with Gasteiger partial charge in [-0.05, 0) is 31.5 Å². The number of benzene rings is 2. The molecule has 0 saturated heterocycles. The molecule has 3 nitrogen and oxygen atoms in total. The summed E-state index contributed by atoms with van der Waals surface area (Å²) in [6.45, 7) is 3.88. The average molecular weight is 282 g/mol. The van der Waals surface area contributed by atoms with Crippen molar-refractivity contribution in [1.29, 1.82) is 0 Å². The van der Waals surface area contributed by atoms with E-state index in [0.717, 1.165) is 11.1 Å². The van der Waals surface area contributed by atoms with Gasteiger partial charge in [0.05, 0.1) is 19.1 Å². The van der Waals surface area contributed by atoms with E-state index in [-0.39, 0.29) is 18.0 Å². The molecule has 0 fully saturated rings. The summed E-state index contributed by atoms with van der Waals surface area (Å²) in [4.78, 5) is 24.4. The molecule has 2 rings (SSSR count). The summed E-state index contributed by atoms with van der Waals surface area (Å²) in [6, 6.07) is 12.6. The molecule has 2 aromatic rings. The fourth-order valence-corrected chi connectivity index (χ4v) is 2.11. The summed E-state index contributed by atoms with van der Waals surface area (Å²) in [5, 5.41) is 0. The number of carbonyl (C=O) groups is 2. The molecule has 0 unspecified atom stereocenters. The zero-order valence-corrected chi connectivity index (χ0v) is 12.5. The highest BCUT2D eigenvalue weighted by Crippen LogP contribution is 2.22. The number of ether oxygens (including phenoxy) is 1. The minimum atomic E-state index is -0.225. The number of hydrogen-bond donors (Lipinski definition) is 0. The van der Waals surface area contributed by atoms with Crippen LogP contribution in [0.5, 0.6) is 5.75 Å². The minimum Gasteiger partial charge on any atom is -0.496 e. The van der Waals surface area contributed by atoms with Crippen molar-refractivity contribution in [1.82, 2.24) is 0 Å². The Hall–Kier alpha value is -2.42. The number of ketones is 2. The first-order valence-electron chi connectivity index (χ1n) is 6.79. The fourth-order valence-electron chi connectivity index (χ4n) is 2.11. The lowest BCUT2D eigenvalue weighted by Gasteiger charge is -2.08. The van der Waals surface area contributed by atoms with Crippen LogP contribution in [-0.4, -0.2) is 18.7 Å². The van der Waals surface area contributed by atoms with Gasteiger partial charge < -0.3 is 4.74 Å². The summed E-state index contributed by atoms with van der Waals surface area (Å²) < 4.78 is 5.22. The molecule has 0 atom stereocenters. The molecule has 0 aromatic heterocycles. The fraction of sp³-hybridized carbons (Fsp3) is 0.222. The van der Waals surface area contributed by atoms with Crippen molar-refractivity contribution < 1.29 is 14.3 Å². The highest BCUT2D eigenvalue weighted by Gasteiger charge is 2.17. The molecule has 0 radical (unpaired) electrons. The van der Waals surface area contributed by atoms with Crippen molar-refractivity contribution in [3.05, 3.63) is 64.7 Å². The van der Waals surface area contributed by atoms with E-state index in [9.17, 15) is 9.59 Å². The Labute approximate surface area is 124 Å². The Morgan fingerprint density at radius 1 is 0.905 bits per heavy atom. The van der Waals surface area contributed by atoms with Crippen molar-refractivity contribution in [3.63, 3.8) is 0 Å². The predicted molar refractivity (Wildman–Crippen MR) is 82.2 cm³/mol. The van der Waals surface area contributed by atoms with Crippen molar-refractivity contribution in [2.24, 2.45) is 0 Å². The van der Waals surface area contributed by atoms with E-state index in [4.69, 9.17) is 4.74 Å². The Kier molecular flexibility index (Phi) is 4.53. The molecule has 0 aliphatic heterocycles. The standard InChI is InChI=1S/C18H18O3/c1-12-4-7-14(8-5-12)16(19)11-17(20)15-9-6-13(2)10-18(15)21-3/h4-10H,11H2,1-3H3. The van der Waals surface area contributed by atoms with Gasteiger partial charge in [0.1, 0.15) is 5.75 Å². The molecule has 0 amide bonds. The first-order valence-corrected chi connectivity index (χ1v) is 6.79. The van der Waals surface area contributed by atoms with E-state index in [1.54, 1.807) is 24.3 Å². The summed E-state index contributed by atoms with van der Waals surface area (Å²) in [6.07, 6.45) is -0.150. The molecule has 0 aliphatic rings. The lowest BCUT2D eigenvalue weighted by molar-refractivity contribution is 0.0893. The van der Waals surface area contributed by atoms with Gasteiger partial charge in [-0.25, -0.2) is 0 Å². The average Bonchev–Trinajstić information content (AvgIpc) is 2.47. The maximum atomic E-state index is 12.3. The van der Waals surface area contributed by atoms with Crippen LogP contribution in [0, 0.1) is 13.8 Å². The van der Waals surface area contributed by atoms with E-state index in [1.807, 2.05) is 32.0 Å². The summed E-state index contributed by atoms with van der Waals surface area (Å²) in [5.41, 5.74) is 3.09. The Bertz CT molecular complexity index is 669. The number of Topliss-reactive ketones (excluding diaryl/α,β-unsaturated/α-hetero) is 2. The number of rotatable bonds is 5. The first-order chi connectivity index (χ1) is 10.0. The third-order valence-corrected chi connectivity index (χ3v) is 3.35. The second kappa shape index (κ2) is 6.35. The summed E-state index contributed by atoms with van der Waals surface area (Å²) >= 11 is 0. The second-order valence-electron chi connectivity index (χ2n) is 5.09. The normalized spacial score (nSPS) is 10.2. The van der Waals surface area contributed by atoms with E-state index in [1.165, 1.54) is 7.11 Å². The van der Waals surface area contributed by atoms with Crippen molar-refractivity contribution in [2.45, 2.75) is 20.3 Å². The number of methoxy groups -OCH3 is 1. The highest BCUT2D eigenvalue weighted by atomic mass is 16.5. The molecule has 21 heavy (non-hydrogen) atoms. The van der Waals surface area contributed by atoms with Crippen LogP contribution in [0.1, 0.15) is 38.3 Å². The van der Waals surface area contributed by atoms with Gasteiger partial charge in [-0.3, -0.25) is 9.59 Å². The molecular formula is C18H18O3. The monoisotopic (exact) mass is 282 g/mol. The summed E-state index contributed by atoms with van der Waals surface area (Å²) in [5.74, 6) is 0.108. The van der Waals surface area contributed by atoms with Gasteiger partial charge in [-0.2, -0.15) is 0 Å². The molecular weight excluding hydrogens is 264 g/mol. The van der Waals surface area contributed by atoms with Gasteiger partial charge in [0.15, 0.2) is 11.6 Å². The Balaban J connectivity index is 2.18. The molecule has 108 valence electrons. The number of hydrogen-bond acceptors (Lipinski definition) is 3. The lowest BCUT2D eigenvalue weighted by atomic mass is 9.99. The number of carbonyl (C=O) groups excluding carboxylic acids is 2. The third kappa shape index (κ3) is 3.57. The number of aryl methyl sites for hydroxylation is 2. The van der Waals surface area contributed by atoms with Crippen molar-refractivity contribution in [2.75, 3.05) is 7.11 Å². The Morgan fingerprint density at radius 2 is 1.52 bits per heavy atom. The highest BCUT2D eigenvalue weighted by molar-refractivity contribution is 6.14. The van der Waals surface area contributed by atoms with Gasteiger partial charge in [0.2, 0.25) is 0 Å². The largest absolute Gasteiger partial charge is 0.496 e. The van der Waals surface area contributed by atoms with Crippen LogP contribution in [0.2, 0.25) is 0 Å². The van der Waals surface area contributed by atoms with Crippen LogP contribution >= 0.6 is 0 Å². The maximum absolute atomic E-state index is 12.3. The van der Waals surface area contributed by atoms with E-state index in [2.05, 4.69) is 0 Å². The van der Waals surface area contributed by atoms with Crippen LogP contribution in [0.4, 0.5) is 0 Å². The predicted octanol–water partition coefficient (Wildman–Crippen LogP) is 3.77. The SMILES string of the molecule is COc1cc(C)ccc1C(=O)CC(=O)c1ccc(C)cc1. The molecule has 0 spiro atoms. The quantitative estimate of drug-likeness (QED) is 0.619. The van der Waals surface area contributed by atoms with Gasteiger partial charge >= 0.3 is 0 Å². The van der Waals surface area contributed by atoms with E-state index < -0.39 is 0 Å². The van der Waals surface area contributed by atoms with Crippen LogP contribution in [0.15, 0.2) is 42.5 Å². The third-order valence-electron chi connectivity index (χ3n) is 3.35. The van der Waals surface area contributed by atoms with Gasteiger partial charge in [-0.1, -0.05) is 35.9 Å². The first kappa shape index (κ1) is 15.0. The van der Waals surface area contributed by atoms with Gasteiger partial charge in [-0.15, -0.1) is 0 Å². The van der Waals surface area contributed by atoms with E-state index in [0.29, 0.717) is 16.9 Å². The van der Waals surface area contributed by atoms with Crippen LogP contribution < -0.4 is 4.74 Å². The second-order valence-corrected chi connectivity index (χ2v) is 5.09. The lowest BCUT2D eigenvalue weighted by Crippen LogP contribution is -2.10. The van der Waals surface area contributed by atoms with Crippen LogP contribution in [0.25, 0.3) is 0 Å². The van der Waals surface area contributed by atoms with Crippen LogP contribution in [-0.2, 0) is 0 Å². The van der Waals surface area contributed by atoms with Crippen molar-refractivity contribution >= 4 is 11.6 Å².